The van der Waals surface area contributed by atoms with E-state index in [1.165, 1.54) is 0 Å². The van der Waals surface area contributed by atoms with Gasteiger partial charge in [0.1, 0.15) is 5.76 Å². The zero-order valence-corrected chi connectivity index (χ0v) is 8.46. The van der Waals surface area contributed by atoms with Crippen LogP contribution in [-0.2, 0) is 0 Å². The first-order valence-corrected chi connectivity index (χ1v) is 4.57. The molecule has 0 saturated heterocycles. The fraction of sp³-hybridized carbons (Fsp3) is 0.556. The molecule has 0 fully saturated rings. The second-order valence-electron chi connectivity index (χ2n) is 3.06. The van der Waals surface area contributed by atoms with Gasteiger partial charge in [-0.2, -0.15) is 0 Å². The summed E-state index contributed by atoms with van der Waals surface area (Å²) in [6.45, 7) is 4.69. The summed E-state index contributed by atoms with van der Waals surface area (Å²) in [4.78, 5) is 15.4. The molecule has 5 nitrogen and oxygen atoms in total. The van der Waals surface area contributed by atoms with E-state index in [0.29, 0.717) is 18.8 Å². The summed E-state index contributed by atoms with van der Waals surface area (Å²) in [6, 6.07) is 0. The number of aromatic nitrogens is 1. The van der Waals surface area contributed by atoms with Crippen LogP contribution in [0.4, 0.5) is 0 Å². The van der Waals surface area contributed by atoms with Crippen molar-refractivity contribution in [2.45, 2.75) is 20.3 Å². The number of hydrogen-bond acceptors (Lipinski definition) is 4. The number of nitrogens with zero attached hydrogens (tertiary/aromatic N) is 1. The Bertz CT molecular complexity index is 300. The van der Waals surface area contributed by atoms with Crippen molar-refractivity contribution >= 4 is 5.91 Å². The van der Waals surface area contributed by atoms with Gasteiger partial charge in [0, 0.05) is 6.54 Å². The molecule has 3 N–H and O–H groups in total. The Balaban J connectivity index is 2.52. The zero-order chi connectivity index (χ0) is 10.6. The van der Waals surface area contributed by atoms with Gasteiger partial charge in [-0.25, -0.2) is 4.98 Å². The molecule has 0 atom stereocenters. The molecule has 0 unspecified atom stereocenters. The summed E-state index contributed by atoms with van der Waals surface area (Å²) in [7, 11) is 0. The molecule has 0 aliphatic carbocycles. The van der Waals surface area contributed by atoms with Crippen molar-refractivity contribution in [2.75, 3.05) is 13.1 Å². The lowest BCUT2D eigenvalue weighted by Crippen LogP contribution is -2.26. The highest BCUT2D eigenvalue weighted by atomic mass is 16.4. The van der Waals surface area contributed by atoms with Crippen molar-refractivity contribution in [3.8, 4) is 0 Å². The lowest BCUT2D eigenvalue weighted by molar-refractivity contribution is 0.0917. The first-order chi connectivity index (χ1) is 6.65. The molecule has 0 aliphatic rings. The highest BCUT2D eigenvalue weighted by molar-refractivity contribution is 5.89. The molecular formula is C9H15N3O2. The van der Waals surface area contributed by atoms with Crippen LogP contribution < -0.4 is 11.1 Å². The third-order valence-corrected chi connectivity index (χ3v) is 1.89. The molecule has 0 aromatic carbocycles. The Kier molecular flexibility index (Phi) is 3.64. The summed E-state index contributed by atoms with van der Waals surface area (Å²) in [6.07, 6.45) is 0.754. The molecule has 0 bridgehead atoms. The predicted octanol–water partition coefficient (Wildman–Crippen LogP) is 0.370. The summed E-state index contributed by atoms with van der Waals surface area (Å²) in [5.74, 6) is 0.514. The number of nitrogens with two attached hydrogens (primary N) is 1. The highest BCUT2D eigenvalue weighted by Gasteiger charge is 2.13. The number of hydrogen-bond donors (Lipinski definition) is 2. The van der Waals surface area contributed by atoms with Crippen LogP contribution in [0, 0.1) is 13.8 Å². The van der Waals surface area contributed by atoms with Gasteiger partial charge >= 0.3 is 5.91 Å². The van der Waals surface area contributed by atoms with Crippen LogP contribution in [0.5, 0.6) is 0 Å². The number of amides is 1. The van der Waals surface area contributed by atoms with Crippen LogP contribution in [0.25, 0.3) is 0 Å². The number of carbonyl (C=O) groups excluding carboxylic acids is 1. The van der Waals surface area contributed by atoms with Gasteiger partial charge in [0.2, 0.25) is 0 Å². The lowest BCUT2D eigenvalue weighted by atomic mass is 10.4. The smallest absolute Gasteiger partial charge is 0.307 e. The summed E-state index contributed by atoms with van der Waals surface area (Å²) >= 11 is 0. The van der Waals surface area contributed by atoms with Crippen LogP contribution in [-0.4, -0.2) is 24.0 Å². The molecule has 1 aromatic rings. The van der Waals surface area contributed by atoms with Gasteiger partial charge < -0.3 is 15.5 Å². The first kappa shape index (κ1) is 10.7. The molecule has 14 heavy (non-hydrogen) atoms. The first-order valence-electron chi connectivity index (χ1n) is 4.57. The Morgan fingerprint density at radius 3 is 2.79 bits per heavy atom. The minimum Gasteiger partial charge on any atom is -0.438 e. The van der Waals surface area contributed by atoms with E-state index >= 15 is 0 Å². The van der Waals surface area contributed by atoms with Crippen LogP contribution in [0.1, 0.15) is 28.6 Å². The molecule has 1 aromatic heterocycles. The Hall–Kier alpha value is -1.36. The van der Waals surface area contributed by atoms with Gasteiger partial charge in [-0.1, -0.05) is 0 Å². The van der Waals surface area contributed by atoms with E-state index in [4.69, 9.17) is 10.2 Å². The maximum absolute atomic E-state index is 11.4. The van der Waals surface area contributed by atoms with Crippen molar-refractivity contribution in [1.29, 1.82) is 0 Å². The molecular weight excluding hydrogens is 182 g/mol. The van der Waals surface area contributed by atoms with Crippen molar-refractivity contribution in [3.05, 3.63) is 17.3 Å². The second-order valence-corrected chi connectivity index (χ2v) is 3.06. The number of carbonyl (C=O) groups is 1. The number of rotatable bonds is 4. The van der Waals surface area contributed by atoms with Gasteiger partial charge in [0.25, 0.3) is 5.89 Å². The SMILES string of the molecule is Cc1nc(C(=O)NCCCN)oc1C. The number of nitrogens with one attached hydrogen (secondary N) is 1. The van der Waals surface area contributed by atoms with E-state index in [0.717, 1.165) is 12.1 Å². The van der Waals surface area contributed by atoms with E-state index in [1.54, 1.807) is 13.8 Å². The van der Waals surface area contributed by atoms with Gasteiger partial charge in [-0.3, -0.25) is 4.79 Å². The van der Waals surface area contributed by atoms with Crippen LogP contribution >= 0.6 is 0 Å². The minimum atomic E-state index is -0.283. The van der Waals surface area contributed by atoms with Crippen LogP contribution in [0.3, 0.4) is 0 Å². The maximum atomic E-state index is 11.4. The number of oxazole rings is 1. The largest absolute Gasteiger partial charge is 0.438 e. The van der Waals surface area contributed by atoms with E-state index in [-0.39, 0.29) is 11.8 Å². The fourth-order valence-corrected chi connectivity index (χ4v) is 0.949. The summed E-state index contributed by atoms with van der Waals surface area (Å²) in [5, 5.41) is 2.67. The third kappa shape index (κ3) is 2.56. The van der Waals surface area contributed by atoms with E-state index in [2.05, 4.69) is 10.3 Å². The molecule has 1 rings (SSSR count). The van der Waals surface area contributed by atoms with E-state index < -0.39 is 0 Å². The normalized spacial score (nSPS) is 10.2. The summed E-state index contributed by atoms with van der Waals surface area (Å²) in [5.41, 5.74) is 6.04. The predicted molar refractivity (Wildman–Crippen MR) is 52.0 cm³/mol. The maximum Gasteiger partial charge on any atom is 0.307 e. The molecule has 5 heteroatoms. The Labute approximate surface area is 82.7 Å². The van der Waals surface area contributed by atoms with E-state index in [1.807, 2.05) is 0 Å². The molecule has 1 heterocycles. The van der Waals surface area contributed by atoms with Gasteiger partial charge in [0.05, 0.1) is 5.69 Å². The van der Waals surface area contributed by atoms with E-state index in [9.17, 15) is 4.79 Å². The lowest BCUT2D eigenvalue weighted by Gasteiger charge is -1.99. The van der Waals surface area contributed by atoms with Crippen LogP contribution in [0.15, 0.2) is 4.42 Å². The quantitative estimate of drug-likeness (QED) is 0.683. The minimum absolute atomic E-state index is 0.122. The monoisotopic (exact) mass is 197 g/mol. The molecule has 0 spiro atoms. The van der Waals surface area contributed by atoms with Crippen LogP contribution in [0.2, 0.25) is 0 Å². The summed E-state index contributed by atoms with van der Waals surface area (Å²) < 4.78 is 5.15. The second kappa shape index (κ2) is 4.76. The van der Waals surface area contributed by atoms with Gasteiger partial charge in [0.15, 0.2) is 0 Å². The van der Waals surface area contributed by atoms with Gasteiger partial charge in [-0.15, -0.1) is 0 Å². The van der Waals surface area contributed by atoms with Crippen molar-refractivity contribution in [3.63, 3.8) is 0 Å². The zero-order valence-electron chi connectivity index (χ0n) is 8.46. The highest BCUT2D eigenvalue weighted by Crippen LogP contribution is 2.07. The molecule has 0 aliphatic heterocycles. The average Bonchev–Trinajstić information content (AvgIpc) is 2.47. The molecule has 78 valence electrons. The fourth-order valence-electron chi connectivity index (χ4n) is 0.949. The number of aryl methyl sites for hydroxylation is 2. The Morgan fingerprint density at radius 1 is 1.57 bits per heavy atom. The molecule has 0 saturated carbocycles. The van der Waals surface area contributed by atoms with Crippen molar-refractivity contribution in [2.24, 2.45) is 5.73 Å². The topological polar surface area (TPSA) is 81.2 Å². The molecule has 0 radical (unpaired) electrons. The molecule has 1 amide bonds. The average molecular weight is 197 g/mol. The van der Waals surface area contributed by atoms with Gasteiger partial charge in [-0.05, 0) is 26.8 Å². The van der Waals surface area contributed by atoms with Crippen molar-refractivity contribution in [1.82, 2.24) is 10.3 Å². The third-order valence-electron chi connectivity index (χ3n) is 1.89. The van der Waals surface area contributed by atoms with Crippen molar-refractivity contribution < 1.29 is 9.21 Å². The Morgan fingerprint density at radius 2 is 2.29 bits per heavy atom. The standard InChI is InChI=1S/C9H15N3O2/c1-6-7(2)14-9(12-6)8(13)11-5-3-4-10/h3-5,10H2,1-2H3,(H,11,13).